The zero-order valence-corrected chi connectivity index (χ0v) is 12.6. The summed E-state index contributed by atoms with van der Waals surface area (Å²) in [6, 6.07) is 14.2. The van der Waals surface area contributed by atoms with Crippen molar-refractivity contribution in [2.24, 2.45) is 0 Å². The third kappa shape index (κ3) is 3.22. The fourth-order valence-electron chi connectivity index (χ4n) is 2.80. The molecule has 2 nitrogen and oxygen atoms in total. The number of fused-ring (bicyclic) bond motifs is 1. The molecule has 2 aromatic rings. The number of hydrogen-bond donors (Lipinski definition) is 0. The number of ketones is 1. The Kier molecular flexibility index (Phi) is 3.89. The molecule has 1 aliphatic rings. The molecule has 2 aromatic carbocycles. The topological polar surface area (TPSA) is 26.3 Å². The van der Waals surface area contributed by atoms with Gasteiger partial charge in [0.2, 0.25) is 0 Å². The van der Waals surface area contributed by atoms with E-state index in [0.717, 1.165) is 12.0 Å². The number of benzene rings is 2. The molecule has 3 rings (SSSR count). The van der Waals surface area contributed by atoms with Gasteiger partial charge in [0, 0.05) is 12.0 Å². The molecule has 0 radical (unpaired) electrons. The lowest BCUT2D eigenvalue weighted by molar-refractivity contribution is 0.0237. The molecular weight excluding hydrogens is 260 g/mol. The number of Topliss-reactive ketones (excluding diaryl/α,β-unsaturated/α-hetero) is 1. The maximum Gasteiger partial charge on any atom is 0.165 e. The highest BCUT2D eigenvalue weighted by Crippen LogP contribution is 2.24. The molecule has 0 aromatic heterocycles. The molecule has 0 bridgehead atoms. The molecular formula is C19H20O2. The quantitative estimate of drug-likeness (QED) is 0.794. The van der Waals surface area contributed by atoms with Crippen LogP contribution in [0.5, 0.6) is 0 Å². The number of aryl methyl sites for hydroxylation is 2. The van der Waals surface area contributed by atoms with Crippen molar-refractivity contribution in [1.82, 2.24) is 0 Å². The average Bonchev–Trinajstić information content (AvgIpc) is 2.48. The van der Waals surface area contributed by atoms with Crippen molar-refractivity contribution in [1.29, 1.82) is 0 Å². The normalized spacial score (nSPS) is 17.3. The van der Waals surface area contributed by atoms with E-state index < -0.39 is 0 Å². The Morgan fingerprint density at radius 1 is 1.05 bits per heavy atom. The summed E-state index contributed by atoms with van der Waals surface area (Å²) in [6.07, 6.45) is 1.28. The Bertz CT molecular complexity index is 656. The number of carbonyl (C=O) groups is 1. The lowest BCUT2D eigenvalue weighted by atomic mass is 9.94. The molecule has 0 aliphatic carbocycles. The Hall–Kier alpha value is -1.93. The summed E-state index contributed by atoms with van der Waals surface area (Å²) in [7, 11) is 0. The van der Waals surface area contributed by atoms with Crippen LogP contribution in [0.25, 0.3) is 0 Å². The Labute approximate surface area is 125 Å². The zero-order valence-electron chi connectivity index (χ0n) is 12.6. The van der Waals surface area contributed by atoms with Crippen LogP contribution in [-0.4, -0.2) is 11.9 Å². The van der Waals surface area contributed by atoms with Crippen molar-refractivity contribution in [2.75, 3.05) is 0 Å². The molecule has 1 heterocycles. The Morgan fingerprint density at radius 2 is 1.76 bits per heavy atom. The van der Waals surface area contributed by atoms with Crippen molar-refractivity contribution < 1.29 is 9.53 Å². The second-order valence-corrected chi connectivity index (χ2v) is 5.90. The van der Waals surface area contributed by atoms with E-state index in [2.05, 4.69) is 25.1 Å². The number of ether oxygens (including phenoxy) is 1. The minimum atomic E-state index is -0.00555. The van der Waals surface area contributed by atoms with Crippen molar-refractivity contribution in [3.63, 3.8) is 0 Å². The van der Waals surface area contributed by atoms with Gasteiger partial charge in [-0.2, -0.15) is 0 Å². The maximum atomic E-state index is 12.3. The summed E-state index contributed by atoms with van der Waals surface area (Å²) < 4.78 is 5.85. The van der Waals surface area contributed by atoms with Crippen LogP contribution in [0.1, 0.15) is 39.0 Å². The number of rotatable bonds is 3. The SMILES string of the molecule is Cc1ccc(C(=O)C[C@@H]2Cc3ccc(C)cc3CO2)cc1. The minimum Gasteiger partial charge on any atom is -0.373 e. The molecule has 0 saturated heterocycles. The van der Waals surface area contributed by atoms with Crippen molar-refractivity contribution in [2.45, 2.75) is 39.4 Å². The van der Waals surface area contributed by atoms with Crippen LogP contribution in [0.3, 0.4) is 0 Å². The van der Waals surface area contributed by atoms with Crippen LogP contribution < -0.4 is 0 Å². The van der Waals surface area contributed by atoms with Gasteiger partial charge in [-0.3, -0.25) is 4.79 Å². The predicted octanol–water partition coefficient (Wildman–Crippen LogP) is 4.02. The van der Waals surface area contributed by atoms with Crippen LogP contribution >= 0.6 is 0 Å². The molecule has 108 valence electrons. The van der Waals surface area contributed by atoms with Crippen molar-refractivity contribution in [3.05, 3.63) is 70.3 Å². The van der Waals surface area contributed by atoms with Gasteiger partial charge >= 0.3 is 0 Å². The fraction of sp³-hybridized carbons (Fsp3) is 0.316. The summed E-state index contributed by atoms with van der Waals surface area (Å²) in [6.45, 7) is 4.73. The van der Waals surface area contributed by atoms with Gasteiger partial charge < -0.3 is 4.74 Å². The van der Waals surface area contributed by atoms with Crippen molar-refractivity contribution in [3.8, 4) is 0 Å². The molecule has 0 unspecified atom stereocenters. The highest BCUT2D eigenvalue weighted by molar-refractivity contribution is 5.96. The van der Waals surface area contributed by atoms with Crippen LogP contribution in [-0.2, 0) is 17.8 Å². The van der Waals surface area contributed by atoms with E-state index in [9.17, 15) is 4.79 Å². The van der Waals surface area contributed by atoms with Gasteiger partial charge in [0.05, 0.1) is 12.7 Å². The molecule has 1 atom stereocenters. The standard InChI is InChI=1S/C19H20O2/c1-13-3-6-15(7-4-13)19(20)11-18-10-16-8-5-14(2)9-17(16)12-21-18/h3-9,18H,10-12H2,1-2H3/t18-/m0/s1. The Balaban J connectivity index is 1.68. The third-order valence-electron chi connectivity index (χ3n) is 4.07. The summed E-state index contributed by atoms with van der Waals surface area (Å²) >= 11 is 0. The molecule has 0 N–H and O–H groups in total. The number of hydrogen-bond acceptors (Lipinski definition) is 2. The summed E-state index contributed by atoms with van der Waals surface area (Å²) in [5, 5.41) is 0. The lowest BCUT2D eigenvalue weighted by Gasteiger charge is -2.25. The van der Waals surface area contributed by atoms with Crippen LogP contribution in [0.15, 0.2) is 42.5 Å². The third-order valence-corrected chi connectivity index (χ3v) is 4.07. The van der Waals surface area contributed by atoms with E-state index in [1.165, 1.54) is 22.3 Å². The zero-order chi connectivity index (χ0) is 14.8. The molecule has 0 saturated carbocycles. The van der Waals surface area contributed by atoms with E-state index >= 15 is 0 Å². The van der Waals surface area contributed by atoms with Crippen LogP contribution in [0.2, 0.25) is 0 Å². The largest absolute Gasteiger partial charge is 0.373 e. The molecule has 1 aliphatic heterocycles. The minimum absolute atomic E-state index is 0.00555. The van der Waals surface area contributed by atoms with Crippen LogP contribution in [0, 0.1) is 13.8 Å². The van der Waals surface area contributed by atoms with Gasteiger partial charge in [-0.25, -0.2) is 0 Å². The van der Waals surface area contributed by atoms with Gasteiger partial charge in [0.15, 0.2) is 5.78 Å². The summed E-state index contributed by atoms with van der Waals surface area (Å²) in [4.78, 5) is 12.3. The van der Waals surface area contributed by atoms with E-state index in [-0.39, 0.29) is 11.9 Å². The first-order valence-electron chi connectivity index (χ1n) is 7.42. The first-order chi connectivity index (χ1) is 10.1. The van der Waals surface area contributed by atoms with Gasteiger partial charge in [-0.15, -0.1) is 0 Å². The van der Waals surface area contributed by atoms with Gasteiger partial charge in [-0.1, -0.05) is 53.6 Å². The van der Waals surface area contributed by atoms with E-state index in [0.29, 0.717) is 13.0 Å². The predicted molar refractivity (Wildman–Crippen MR) is 83.6 cm³/mol. The van der Waals surface area contributed by atoms with Gasteiger partial charge in [0.25, 0.3) is 0 Å². The summed E-state index contributed by atoms with van der Waals surface area (Å²) in [5.74, 6) is 0.163. The molecule has 0 spiro atoms. The second kappa shape index (κ2) is 5.82. The van der Waals surface area contributed by atoms with E-state index in [1.807, 2.05) is 31.2 Å². The van der Waals surface area contributed by atoms with E-state index in [4.69, 9.17) is 4.74 Å². The molecule has 21 heavy (non-hydrogen) atoms. The number of carbonyl (C=O) groups excluding carboxylic acids is 1. The first-order valence-corrected chi connectivity index (χ1v) is 7.42. The maximum absolute atomic E-state index is 12.3. The summed E-state index contributed by atoms with van der Waals surface area (Å²) in [5.41, 5.74) is 5.78. The second-order valence-electron chi connectivity index (χ2n) is 5.90. The van der Waals surface area contributed by atoms with E-state index in [1.54, 1.807) is 0 Å². The smallest absolute Gasteiger partial charge is 0.165 e. The lowest BCUT2D eigenvalue weighted by Crippen LogP contribution is -2.25. The fourth-order valence-corrected chi connectivity index (χ4v) is 2.80. The van der Waals surface area contributed by atoms with Gasteiger partial charge in [0.1, 0.15) is 0 Å². The average molecular weight is 280 g/mol. The molecule has 2 heteroatoms. The highest BCUT2D eigenvalue weighted by Gasteiger charge is 2.22. The van der Waals surface area contributed by atoms with Gasteiger partial charge in [-0.05, 0) is 31.4 Å². The first kappa shape index (κ1) is 14.0. The van der Waals surface area contributed by atoms with Crippen molar-refractivity contribution >= 4 is 5.78 Å². The van der Waals surface area contributed by atoms with Crippen LogP contribution in [0.4, 0.5) is 0 Å². The Morgan fingerprint density at radius 3 is 2.52 bits per heavy atom. The highest BCUT2D eigenvalue weighted by atomic mass is 16.5. The monoisotopic (exact) mass is 280 g/mol. The molecule has 0 fully saturated rings. The molecule has 0 amide bonds.